The van der Waals surface area contributed by atoms with Crippen molar-refractivity contribution in [1.29, 1.82) is 5.26 Å². The van der Waals surface area contributed by atoms with E-state index in [0.29, 0.717) is 24.4 Å². The lowest BCUT2D eigenvalue weighted by Crippen LogP contribution is -2.49. The number of allylic oxidation sites excluding steroid dienone is 8. The highest BCUT2D eigenvalue weighted by molar-refractivity contribution is 6.13. The number of halogens is 1. The average molecular weight is 616 g/mol. The van der Waals surface area contributed by atoms with Gasteiger partial charge in [-0.3, -0.25) is 9.79 Å². The van der Waals surface area contributed by atoms with Crippen LogP contribution in [0, 0.1) is 23.1 Å². The minimum Gasteiger partial charge on any atom is -0.371 e. The van der Waals surface area contributed by atoms with Gasteiger partial charge < -0.3 is 9.80 Å². The minimum absolute atomic E-state index is 0.00849. The van der Waals surface area contributed by atoms with Gasteiger partial charge in [-0.15, -0.1) is 0 Å². The second-order valence-corrected chi connectivity index (χ2v) is 11.3. The molecule has 2 rings (SSSR count). The van der Waals surface area contributed by atoms with Crippen LogP contribution in [0.25, 0.3) is 5.57 Å². The number of carbonyl (C=O) groups is 1. The summed E-state index contributed by atoms with van der Waals surface area (Å²) >= 11 is 0. The number of carbonyl (C=O) groups excluding carboxylic acids is 1. The molecule has 1 aliphatic heterocycles. The summed E-state index contributed by atoms with van der Waals surface area (Å²) in [4.78, 5) is 25.3. The van der Waals surface area contributed by atoms with E-state index in [-0.39, 0.29) is 17.6 Å². The van der Waals surface area contributed by atoms with E-state index in [1.165, 1.54) is 11.6 Å². The van der Waals surface area contributed by atoms with Gasteiger partial charge in [-0.05, 0) is 64.7 Å². The molecule has 244 valence electrons. The maximum Gasteiger partial charge on any atom is 0.225 e. The van der Waals surface area contributed by atoms with Gasteiger partial charge in [0.2, 0.25) is 5.91 Å². The predicted molar refractivity (Wildman–Crippen MR) is 189 cm³/mol. The Hall–Kier alpha value is -4.05. The molecule has 1 fully saturated rings. The molecule has 1 aliphatic rings. The molecule has 0 radical (unpaired) electrons. The number of piperazine rings is 1. The quantitative estimate of drug-likeness (QED) is 0.174. The van der Waals surface area contributed by atoms with Crippen LogP contribution in [0.2, 0.25) is 0 Å². The number of nitrogens with zero attached hydrogens (tertiary/aromatic N) is 5. The molecule has 1 heterocycles. The number of nitriles is 1. The zero-order chi connectivity index (χ0) is 33.8. The Balaban J connectivity index is 0.000000609. The zero-order valence-corrected chi connectivity index (χ0v) is 29.0. The lowest BCUT2D eigenvalue weighted by Gasteiger charge is -2.38. The Morgan fingerprint density at radius 2 is 1.56 bits per heavy atom. The smallest absolute Gasteiger partial charge is 0.225 e. The molecule has 0 unspecified atom stereocenters. The fourth-order valence-electron chi connectivity index (χ4n) is 4.92. The highest BCUT2D eigenvalue weighted by Gasteiger charge is 2.25. The second-order valence-electron chi connectivity index (χ2n) is 11.3. The summed E-state index contributed by atoms with van der Waals surface area (Å²) in [6.07, 6.45) is 15.2. The molecule has 0 N–H and O–H groups in total. The average Bonchev–Trinajstić information content (AvgIpc) is 3.03. The van der Waals surface area contributed by atoms with Crippen LogP contribution in [0.5, 0.6) is 0 Å². The first kappa shape index (κ1) is 39.0. The number of hydrogen-bond donors (Lipinski definition) is 0. The summed E-state index contributed by atoms with van der Waals surface area (Å²) in [5.74, 6) is -0.0382. The summed E-state index contributed by atoms with van der Waals surface area (Å²) in [6, 6.07) is 8.94. The molecular weight excluding hydrogens is 561 g/mol. The summed E-state index contributed by atoms with van der Waals surface area (Å²) in [5.41, 5.74) is 5.94. The van der Waals surface area contributed by atoms with E-state index in [4.69, 9.17) is 5.26 Å². The molecular formula is C38H54FN5O. The van der Waals surface area contributed by atoms with Crippen molar-refractivity contribution < 1.29 is 9.18 Å². The first-order valence-electron chi connectivity index (χ1n) is 16.2. The number of amides is 1. The van der Waals surface area contributed by atoms with Crippen LogP contribution in [0.1, 0.15) is 93.6 Å². The fraction of sp³-hybridized carbons (Fsp3) is 0.474. The largest absolute Gasteiger partial charge is 0.371 e. The minimum atomic E-state index is -0.245. The fourth-order valence-corrected chi connectivity index (χ4v) is 4.92. The van der Waals surface area contributed by atoms with E-state index in [1.54, 1.807) is 12.3 Å². The summed E-state index contributed by atoms with van der Waals surface area (Å²) in [7, 11) is 0. The number of aliphatic imine (C=N–C) groups is 2. The van der Waals surface area contributed by atoms with Crippen molar-refractivity contribution in [1.82, 2.24) is 9.80 Å². The van der Waals surface area contributed by atoms with E-state index in [1.807, 2.05) is 89.1 Å². The molecule has 0 bridgehead atoms. The summed E-state index contributed by atoms with van der Waals surface area (Å²) in [6.45, 7) is 21.0. The highest BCUT2D eigenvalue weighted by atomic mass is 19.1. The van der Waals surface area contributed by atoms with Crippen LogP contribution < -0.4 is 0 Å². The summed E-state index contributed by atoms with van der Waals surface area (Å²) < 4.78 is 14.7. The molecule has 0 saturated carbocycles. The zero-order valence-electron chi connectivity index (χ0n) is 29.0. The summed E-state index contributed by atoms with van der Waals surface area (Å²) in [5, 5.41) is 8.78. The van der Waals surface area contributed by atoms with E-state index < -0.39 is 0 Å². The van der Waals surface area contributed by atoms with E-state index in [0.717, 1.165) is 61.3 Å². The van der Waals surface area contributed by atoms with Crippen molar-refractivity contribution in [2.45, 2.75) is 88.0 Å². The molecule has 1 aromatic rings. The third-order valence-electron chi connectivity index (χ3n) is 7.31. The van der Waals surface area contributed by atoms with Gasteiger partial charge in [0.25, 0.3) is 0 Å². The Kier molecular flexibility index (Phi) is 18.7. The first-order valence-corrected chi connectivity index (χ1v) is 16.2. The SMILES string of the molecule is CC/C=C/N=C(C#N)/C=C(\C)CCC.C\C=C(C(/C(C)=N/C=C/CC)=C(/C)N1CCN(C(=O)C(C)C)CC1)\c1ccccc1F. The molecule has 0 aliphatic carbocycles. The molecule has 1 aromatic carbocycles. The van der Waals surface area contributed by atoms with Crippen LogP contribution in [-0.4, -0.2) is 53.3 Å². The predicted octanol–water partition coefficient (Wildman–Crippen LogP) is 9.31. The molecule has 45 heavy (non-hydrogen) atoms. The van der Waals surface area contributed by atoms with Crippen LogP contribution >= 0.6 is 0 Å². The molecule has 0 atom stereocenters. The Morgan fingerprint density at radius 1 is 0.978 bits per heavy atom. The Labute approximate surface area is 272 Å². The standard InChI is InChI=1S/C26H36FN3O.C12H18N2/c1-7-9-14-28-20(5)25(22(8-2)23-12-10-11-13-24(23)27)21(6)29-15-17-30(18-16-29)26(31)19(3)4;1-4-6-8-14-12(10-13)9-11(3)7-5-2/h8-14,19H,7,15-18H2,1-6H3;6,8-9H,4-5,7H2,1-3H3/b14-9+,22-8-,25-21-,28-20+;8-6+,11-9+,14-12-. The Morgan fingerprint density at radius 3 is 2.07 bits per heavy atom. The van der Waals surface area contributed by atoms with Gasteiger partial charge in [0.15, 0.2) is 0 Å². The lowest BCUT2D eigenvalue weighted by atomic mass is 9.92. The topological polar surface area (TPSA) is 72.1 Å². The van der Waals surface area contributed by atoms with Gasteiger partial charge in [-0.25, -0.2) is 9.38 Å². The maximum absolute atomic E-state index is 14.7. The van der Waals surface area contributed by atoms with Crippen LogP contribution in [0.3, 0.4) is 0 Å². The number of hydrogen-bond acceptors (Lipinski definition) is 5. The van der Waals surface area contributed by atoms with Crippen LogP contribution in [0.15, 0.2) is 87.8 Å². The van der Waals surface area contributed by atoms with Gasteiger partial charge in [0, 0.05) is 67.0 Å². The molecule has 1 amide bonds. The van der Waals surface area contributed by atoms with Crippen LogP contribution in [0.4, 0.5) is 4.39 Å². The van der Waals surface area contributed by atoms with Crippen molar-refractivity contribution in [2.24, 2.45) is 15.9 Å². The second kappa shape index (κ2) is 21.6. The third-order valence-corrected chi connectivity index (χ3v) is 7.31. The van der Waals surface area contributed by atoms with Gasteiger partial charge >= 0.3 is 0 Å². The monoisotopic (exact) mass is 615 g/mol. The van der Waals surface area contributed by atoms with Crippen LogP contribution in [-0.2, 0) is 4.79 Å². The number of rotatable bonds is 12. The Bertz CT molecular complexity index is 1350. The highest BCUT2D eigenvalue weighted by Crippen LogP contribution is 2.31. The lowest BCUT2D eigenvalue weighted by molar-refractivity contribution is -0.135. The van der Waals surface area contributed by atoms with Gasteiger partial charge in [-0.2, -0.15) is 5.26 Å². The van der Waals surface area contributed by atoms with Crippen molar-refractivity contribution >= 4 is 22.9 Å². The third kappa shape index (κ3) is 13.2. The van der Waals surface area contributed by atoms with Gasteiger partial charge in [-0.1, -0.05) is 83.0 Å². The van der Waals surface area contributed by atoms with Crippen molar-refractivity contribution in [3.63, 3.8) is 0 Å². The van der Waals surface area contributed by atoms with Gasteiger partial charge in [0.05, 0.1) is 0 Å². The molecule has 6 nitrogen and oxygen atoms in total. The normalized spacial score (nSPS) is 15.8. The maximum atomic E-state index is 14.7. The van der Waals surface area contributed by atoms with E-state index in [2.05, 4.69) is 41.7 Å². The molecule has 0 aromatic heterocycles. The van der Waals surface area contributed by atoms with Crippen molar-refractivity contribution in [3.8, 4) is 6.07 Å². The molecule has 0 spiro atoms. The number of benzene rings is 1. The first-order chi connectivity index (χ1) is 21.6. The van der Waals surface area contributed by atoms with Crippen molar-refractivity contribution in [3.05, 3.63) is 89.2 Å². The van der Waals surface area contributed by atoms with Crippen molar-refractivity contribution in [2.75, 3.05) is 26.2 Å². The van der Waals surface area contributed by atoms with E-state index >= 15 is 0 Å². The van der Waals surface area contributed by atoms with Gasteiger partial charge in [0.1, 0.15) is 17.6 Å². The van der Waals surface area contributed by atoms with E-state index in [9.17, 15) is 9.18 Å². The molecule has 1 saturated heterocycles. The molecule has 7 heteroatoms.